The van der Waals surface area contributed by atoms with Gasteiger partial charge in [-0.25, -0.2) is 0 Å². The summed E-state index contributed by atoms with van der Waals surface area (Å²) in [5.74, 6) is 1.70. The third kappa shape index (κ3) is 4.52. The van der Waals surface area contributed by atoms with E-state index in [0.29, 0.717) is 12.0 Å². The number of ether oxygens (including phenoxy) is 1. The van der Waals surface area contributed by atoms with E-state index in [-0.39, 0.29) is 0 Å². The zero-order valence-electron chi connectivity index (χ0n) is 13.8. The van der Waals surface area contributed by atoms with Gasteiger partial charge in [-0.1, -0.05) is 51.3 Å². The molecule has 0 radical (unpaired) electrons. The molecule has 1 aromatic carbocycles. The molecule has 0 heterocycles. The maximum Gasteiger partial charge on any atom is 0.124 e. The van der Waals surface area contributed by atoms with E-state index < -0.39 is 0 Å². The Kier molecular flexibility index (Phi) is 7.68. The smallest absolute Gasteiger partial charge is 0.124 e. The minimum Gasteiger partial charge on any atom is -0.494 e. The molecule has 0 amide bonds. The normalized spacial score (nSPS) is 12.7. The molecule has 0 bridgehead atoms. The highest BCUT2D eigenvalue weighted by Crippen LogP contribution is 2.34. The van der Waals surface area contributed by atoms with Crippen molar-refractivity contribution < 1.29 is 4.74 Å². The van der Waals surface area contributed by atoms with Crippen LogP contribution < -0.4 is 10.1 Å². The van der Waals surface area contributed by atoms with E-state index in [0.717, 1.165) is 25.3 Å². The van der Waals surface area contributed by atoms with E-state index in [1.807, 2.05) is 0 Å². The van der Waals surface area contributed by atoms with Crippen molar-refractivity contribution in [1.29, 1.82) is 0 Å². The Balaban J connectivity index is 3.12. The van der Waals surface area contributed by atoms with Crippen LogP contribution in [0.15, 0.2) is 18.2 Å². The first-order chi connectivity index (χ1) is 9.67. The van der Waals surface area contributed by atoms with Crippen molar-refractivity contribution in [2.75, 3.05) is 13.2 Å². The van der Waals surface area contributed by atoms with Crippen molar-refractivity contribution in [2.24, 2.45) is 5.92 Å². The van der Waals surface area contributed by atoms with Gasteiger partial charge in [-0.2, -0.15) is 0 Å². The van der Waals surface area contributed by atoms with E-state index in [1.165, 1.54) is 24.0 Å². The predicted octanol–water partition coefficient (Wildman–Crippen LogP) is 4.87. The highest BCUT2D eigenvalue weighted by atomic mass is 16.5. The van der Waals surface area contributed by atoms with Gasteiger partial charge in [-0.15, -0.1) is 0 Å². The van der Waals surface area contributed by atoms with Gasteiger partial charge in [-0.3, -0.25) is 0 Å². The Morgan fingerprint density at radius 3 is 2.35 bits per heavy atom. The Labute approximate surface area is 124 Å². The summed E-state index contributed by atoms with van der Waals surface area (Å²) in [5.41, 5.74) is 2.63. The number of hydrogen-bond donors (Lipinski definition) is 1. The molecule has 2 heteroatoms. The molecular formula is C18H31NO. The average Bonchev–Trinajstić information content (AvgIpc) is 2.46. The predicted molar refractivity (Wildman–Crippen MR) is 87.5 cm³/mol. The van der Waals surface area contributed by atoms with E-state index in [1.54, 1.807) is 0 Å². The molecule has 0 saturated carbocycles. The Hall–Kier alpha value is -1.02. The maximum absolute atomic E-state index is 5.85. The van der Waals surface area contributed by atoms with Crippen LogP contribution in [0.25, 0.3) is 0 Å². The Morgan fingerprint density at radius 2 is 1.80 bits per heavy atom. The minimum absolute atomic E-state index is 0.395. The first-order valence-corrected chi connectivity index (χ1v) is 8.14. The van der Waals surface area contributed by atoms with Gasteiger partial charge in [0.2, 0.25) is 0 Å². The second-order valence-electron chi connectivity index (χ2n) is 5.48. The van der Waals surface area contributed by atoms with Crippen molar-refractivity contribution in [3.05, 3.63) is 29.3 Å². The van der Waals surface area contributed by atoms with Crippen LogP contribution >= 0.6 is 0 Å². The summed E-state index contributed by atoms with van der Waals surface area (Å²) in [6.45, 7) is 12.8. The quantitative estimate of drug-likeness (QED) is 0.695. The van der Waals surface area contributed by atoms with Crippen LogP contribution in [0.1, 0.15) is 64.1 Å². The molecule has 0 aliphatic heterocycles. The molecule has 0 aliphatic carbocycles. The summed E-state index contributed by atoms with van der Waals surface area (Å²) in [4.78, 5) is 0. The lowest BCUT2D eigenvalue weighted by molar-refractivity contribution is 0.304. The van der Waals surface area contributed by atoms with Crippen molar-refractivity contribution in [3.8, 4) is 5.75 Å². The molecule has 0 spiro atoms. The van der Waals surface area contributed by atoms with E-state index in [4.69, 9.17) is 4.74 Å². The van der Waals surface area contributed by atoms with Crippen molar-refractivity contribution in [1.82, 2.24) is 5.32 Å². The molecular weight excluding hydrogens is 246 g/mol. The molecule has 1 rings (SSSR count). The fourth-order valence-corrected chi connectivity index (χ4v) is 2.79. The third-order valence-corrected chi connectivity index (χ3v) is 3.93. The largest absolute Gasteiger partial charge is 0.494 e. The topological polar surface area (TPSA) is 21.3 Å². The lowest BCUT2D eigenvalue weighted by Crippen LogP contribution is -2.29. The molecule has 1 unspecified atom stereocenters. The number of benzene rings is 1. The van der Waals surface area contributed by atoms with Crippen LogP contribution in [0.2, 0.25) is 0 Å². The summed E-state index contributed by atoms with van der Waals surface area (Å²) < 4.78 is 5.85. The fourth-order valence-electron chi connectivity index (χ4n) is 2.79. The van der Waals surface area contributed by atoms with Crippen LogP contribution in [0, 0.1) is 12.8 Å². The van der Waals surface area contributed by atoms with Crippen LogP contribution in [-0.4, -0.2) is 13.2 Å². The second-order valence-corrected chi connectivity index (χ2v) is 5.48. The minimum atomic E-state index is 0.395. The van der Waals surface area contributed by atoms with E-state index in [9.17, 15) is 0 Å². The van der Waals surface area contributed by atoms with Gasteiger partial charge in [0, 0.05) is 11.6 Å². The fraction of sp³-hybridized carbons (Fsp3) is 0.667. The van der Waals surface area contributed by atoms with E-state index >= 15 is 0 Å². The molecule has 2 nitrogen and oxygen atoms in total. The van der Waals surface area contributed by atoms with Gasteiger partial charge in [0.05, 0.1) is 6.61 Å². The molecule has 0 saturated heterocycles. The third-order valence-electron chi connectivity index (χ3n) is 3.93. The summed E-state index contributed by atoms with van der Waals surface area (Å²) in [6, 6.07) is 6.94. The Bertz CT molecular complexity index is 385. The molecule has 114 valence electrons. The van der Waals surface area contributed by atoms with Crippen LogP contribution in [0.3, 0.4) is 0 Å². The Morgan fingerprint density at radius 1 is 1.10 bits per heavy atom. The molecule has 0 aromatic heterocycles. The molecule has 0 fully saturated rings. The summed E-state index contributed by atoms with van der Waals surface area (Å²) in [7, 11) is 0. The van der Waals surface area contributed by atoms with Gasteiger partial charge < -0.3 is 10.1 Å². The second kappa shape index (κ2) is 9.02. The van der Waals surface area contributed by atoms with E-state index in [2.05, 4.69) is 58.1 Å². The number of aryl methyl sites for hydroxylation is 1. The van der Waals surface area contributed by atoms with Crippen LogP contribution in [0.5, 0.6) is 5.75 Å². The molecule has 20 heavy (non-hydrogen) atoms. The van der Waals surface area contributed by atoms with Crippen molar-refractivity contribution in [3.63, 3.8) is 0 Å². The summed E-state index contributed by atoms with van der Waals surface area (Å²) >= 11 is 0. The zero-order chi connectivity index (χ0) is 15.0. The van der Waals surface area contributed by atoms with Gasteiger partial charge in [0.1, 0.15) is 5.75 Å². The SMILES string of the molecule is CCCNC(c1cc(C)ccc1OCC)C(CC)CC. The van der Waals surface area contributed by atoms with Gasteiger partial charge in [0.25, 0.3) is 0 Å². The molecule has 1 atom stereocenters. The van der Waals surface area contributed by atoms with Gasteiger partial charge in [0.15, 0.2) is 0 Å². The summed E-state index contributed by atoms with van der Waals surface area (Å²) in [5, 5.41) is 3.73. The number of rotatable bonds is 9. The summed E-state index contributed by atoms with van der Waals surface area (Å²) in [6.07, 6.45) is 3.54. The molecule has 1 N–H and O–H groups in total. The van der Waals surface area contributed by atoms with Crippen LogP contribution in [-0.2, 0) is 0 Å². The monoisotopic (exact) mass is 277 g/mol. The van der Waals surface area contributed by atoms with Crippen molar-refractivity contribution >= 4 is 0 Å². The standard InChI is InChI=1S/C18H31NO/c1-6-12-19-18(15(7-2)8-3)16-13-14(5)10-11-17(16)20-9-4/h10-11,13,15,18-19H,6-9,12H2,1-5H3. The highest BCUT2D eigenvalue weighted by Gasteiger charge is 2.23. The lowest BCUT2D eigenvalue weighted by atomic mass is 9.87. The van der Waals surface area contributed by atoms with Gasteiger partial charge >= 0.3 is 0 Å². The zero-order valence-corrected chi connectivity index (χ0v) is 13.8. The van der Waals surface area contributed by atoms with Gasteiger partial charge in [-0.05, 0) is 38.8 Å². The number of hydrogen-bond acceptors (Lipinski definition) is 2. The molecule has 1 aromatic rings. The average molecular weight is 277 g/mol. The highest BCUT2D eigenvalue weighted by molar-refractivity contribution is 5.39. The van der Waals surface area contributed by atoms with Crippen LogP contribution in [0.4, 0.5) is 0 Å². The first-order valence-electron chi connectivity index (χ1n) is 8.14. The van der Waals surface area contributed by atoms with Crippen molar-refractivity contribution in [2.45, 2.75) is 59.9 Å². The molecule has 0 aliphatic rings. The lowest BCUT2D eigenvalue weighted by Gasteiger charge is -2.29. The first kappa shape index (κ1) is 17.0. The maximum atomic E-state index is 5.85. The number of nitrogens with one attached hydrogen (secondary N) is 1.